The molecule has 0 saturated carbocycles. The zero-order valence-corrected chi connectivity index (χ0v) is 13.9. The zero-order chi connectivity index (χ0) is 15.8. The van der Waals surface area contributed by atoms with Crippen molar-refractivity contribution in [3.63, 3.8) is 0 Å². The highest BCUT2D eigenvalue weighted by molar-refractivity contribution is 9.10. The summed E-state index contributed by atoms with van der Waals surface area (Å²) in [5.74, 6) is -1.99. The second-order valence-corrected chi connectivity index (χ2v) is 7.60. The number of hydrogen-bond donors (Lipinski definition) is 2. The Labute approximate surface area is 136 Å². The fourth-order valence-electron chi connectivity index (χ4n) is 1.49. The van der Waals surface area contributed by atoms with Crippen LogP contribution in [0.3, 0.4) is 0 Å². The topological polar surface area (TPSA) is 83.5 Å². The molecule has 21 heavy (non-hydrogen) atoms. The lowest BCUT2D eigenvalue weighted by molar-refractivity contribution is 0.0698. The Morgan fingerprint density at radius 3 is 2.67 bits per heavy atom. The quantitative estimate of drug-likeness (QED) is 0.797. The molecule has 2 rings (SSSR count). The maximum Gasteiger partial charge on any atom is 0.347 e. The van der Waals surface area contributed by atoms with Crippen molar-refractivity contribution < 1.29 is 22.7 Å². The summed E-state index contributed by atoms with van der Waals surface area (Å²) < 4.78 is 39.8. The van der Waals surface area contributed by atoms with E-state index < -0.39 is 21.8 Å². The van der Waals surface area contributed by atoms with Crippen molar-refractivity contribution in [2.24, 2.45) is 0 Å². The summed E-state index contributed by atoms with van der Waals surface area (Å²) >= 11 is 9.57. The van der Waals surface area contributed by atoms with E-state index in [4.69, 9.17) is 16.7 Å². The molecule has 1 heterocycles. The molecule has 0 unspecified atom stereocenters. The zero-order valence-electron chi connectivity index (χ0n) is 9.93. The van der Waals surface area contributed by atoms with Crippen molar-refractivity contribution in [1.82, 2.24) is 0 Å². The van der Waals surface area contributed by atoms with Gasteiger partial charge in [0.25, 0.3) is 10.0 Å². The number of sulfonamides is 1. The SMILES string of the molecule is O=C(O)c1sccc1S(=O)(=O)Nc1c(Cl)cc(F)cc1Br. The number of nitrogens with one attached hydrogen (secondary N) is 1. The smallest absolute Gasteiger partial charge is 0.347 e. The van der Waals surface area contributed by atoms with Gasteiger partial charge in [0.2, 0.25) is 0 Å². The molecule has 0 aliphatic heterocycles. The molecule has 0 saturated heterocycles. The van der Waals surface area contributed by atoms with Gasteiger partial charge >= 0.3 is 5.97 Å². The van der Waals surface area contributed by atoms with Crippen molar-refractivity contribution in [3.8, 4) is 0 Å². The van der Waals surface area contributed by atoms with E-state index in [9.17, 15) is 17.6 Å². The maximum absolute atomic E-state index is 13.1. The van der Waals surface area contributed by atoms with Crippen LogP contribution < -0.4 is 4.72 Å². The molecular weight excluding hydrogens is 409 g/mol. The Morgan fingerprint density at radius 1 is 1.43 bits per heavy atom. The predicted octanol–water partition coefficient (Wildman–Crippen LogP) is 3.80. The number of aromatic carboxylic acids is 1. The standard InChI is InChI=1S/C11H6BrClFNO4S2/c12-6-3-5(14)4-7(13)9(6)15-21(18,19)8-1-2-20-10(8)11(16)17/h1-4,15H,(H,16,17). The van der Waals surface area contributed by atoms with Crippen molar-refractivity contribution in [3.05, 3.63) is 43.8 Å². The molecule has 2 aromatic rings. The highest BCUT2D eigenvalue weighted by atomic mass is 79.9. The average Bonchev–Trinajstić information content (AvgIpc) is 2.83. The van der Waals surface area contributed by atoms with Crippen LogP contribution in [-0.2, 0) is 10.0 Å². The molecular formula is C11H6BrClFNO4S2. The molecule has 0 bridgehead atoms. The van der Waals surface area contributed by atoms with Crippen molar-refractivity contribution in [2.75, 3.05) is 4.72 Å². The third-order valence-corrected chi connectivity index (χ3v) is 5.70. The molecule has 5 nitrogen and oxygen atoms in total. The van der Waals surface area contributed by atoms with E-state index in [1.54, 1.807) is 0 Å². The Hall–Kier alpha value is -1.16. The molecule has 0 spiro atoms. The van der Waals surface area contributed by atoms with E-state index in [-0.39, 0.29) is 25.0 Å². The largest absolute Gasteiger partial charge is 0.477 e. The summed E-state index contributed by atoms with van der Waals surface area (Å²) in [7, 11) is -4.16. The van der Waals surface area contributed by atoms with E-state index in [1.165, 1.54) is 11.4 Å². The van der Waals surface area contributed by atoms with Gasteiger partial charge in [0.1, 0.15) is 15.6 Å². The molecule has 0 aliphatic rings. The summed E-state index contributed by atoms with van der Waals surface area (Å²) in [5, 5.41) is 10.2. The van der Waals surface area contributed by atoms with Crippen molar-refractivity contribution in [2.45, 2.75) is 4.90 Å². The van der Waals surface area contributed by atoms with Gasteiger partial charge in [-0.1, -0.05) is 11.6 Å². The molecule has 1 aromatic carbocycles. The highest BCUT2D eigenvalue weighted by Crippen LogP contribution is 2.34. The second kappa shape index (κ2) is 5.91. The van der Waals surface area contributed by atoms with Gasteiger partial charge in [-0.25, -0.2) is 17.6 Å². The molecule has 0 amide bonds. The molecule has 10 heteroatoms. The van der Waals surface area contributed by atoms with Crippen molar-refractivity contribution >= 4 is 60.5 Å². The number of thiophene rings is 1. The number of hydrogen-bond acceptors (Lipinski definition) is 4. The highest BCUT2D eigenvalue weighted by Gasteiger charge is 2.25. The second-order valence-electron chi connectivity index (χ2n) is 3.77. The van der Waals surface area contributed by atoms with Gasteiger partial charge in [0.15, 0.2) is 0 Å². The van der Waals surface area contributed by atoms with Crippen LogP contribution in [0.1, 0.15) is 9.67 Å². The summed E-state index contributed by atoms with van der Waals surface area (Å²) in [5.41, 5.74) is -0.0689. The molecule has 112 valence electrons. The Morgan fingerprint density at radius 2 is 2.10 bits per heavy atom. The first-order chi connectivity index (χ1) is 9.72. The Balaban J connectivity index is 2.48. The number of anilines is 1. The molecule has 1 aromatic heterocycles. The Bertz CT molecular complexity index is 798. The number of carbonyl (C=O) groups is 1. The van der Waals surface area contributed by atoms with E-state index >= 15 is 0 Å². The minimum atomic E-state index is -4.16. The van der Waals surface area contributed by atoms with Gasteiger partial charge in [-0.2, -0.15) is 0 Å². The lowest BCUT2D eigenvalue weighted by Crippen LogP contribution is -2.15. The fraction of sp³-hybridized carbons (Fsp3) is 0. The van der Waals surface area contributed by atoms with E-state index in [1.807, 2.05) is 0 Å². The molecule has 0 atom stereocenters. The fourth-order valence-corrected chi connectivity index (χ4v) is 4.94. The van der Waals surface area contributed by atoms with Gasteiger partial charge in [-0.05, 0) is 39.5 Å². The Kier molecular flexibility index (Phi) is 4.57. The summed E-state index contributed by atoms with van der Waals surface area (Å²) in [6, 6.07) is 3.15. The van der Waals surface area contributed by atoms with Crippen LogP contribution in [0, 0.1) is 5.82 Å². The van der Waals surface area contributed by atoms with Crippen LogP contribution in [0.5, 0.6) is 0 Å². The first-order valence-corrected chi connectivity index (χ1v) is 8.74. The molecule has 2 N–H and O–H groups in total. The normalized spacial score (nSPS) is 11.4. The first-order valence-electron chi connectivity index (χ1n) is 5.20. The lowest BCUT2D eigenvalue weighted by atomic mass is 10.3. The van der Waals surface area contributed by atoms with Crippen LogP contribution in [0.15, 0.2) is 32.9 Å². The summed E-state index contributed by atoms with van der Waals surface area (Å²) in [4.78, 5) is 10.3. The van der Waals surface area contributed by atoms with Crippen molar-refractivity contribution in [1.29, 1.82) is 0 Å². The van der Waals surface area contributed by atoms with Gasteiger partial charge in [0.05, 0.1) is 10.7 Å². The van der Waals surface area contributed by atoms with E-state index in [0.29, 0.717) is 0 Å². The summed E-state index contributed by atoms with van der Waals surface area (Å²) in [6.07, 6.45) is 0. The van der Waals surface area contributed by atoms with Crippen LogP contribution in [0.25, 0.3) is 0 Å². The third-order valence-electron chi connectivity index (χ3n) is 2.36. The number of rotatable bonds is 4. The summed E-state index contributed by atoms with van der Waals surface area (Å²) in [6.45, 7) is 0. The predicted molar refractivity (Wildman–Crippen MR) is 81.2 cm³/mol. The van der Waals surface area contributed by atoms with Crippen LogP contribution in [-0.4, -0.2) is 19.5 Å². The maximum atomic E-state index is 13.1. The monoisotopic (exact) mass is 413 g/mol. The molecule has 0 aliphatic carbocycles. The van der Waals surface area contributed by atoms with Crippen LogP contribution in [0.4, 0.5) is 10.1 Å². The lowest BCUT2D eigenvalue weighted by Gasteiger charge is -2.11. The van der Waals surface area contributed by atoms with Crippen LogP contribution >= 0.6 is 38.9 Å². The number of carboxylic acid groups (broad SMARTS) is 1. The van der Waals surface area contributed by atoms with E-state index in [0.717, 1.165) is 23.5 Å². The van der Waals surface area contributed by atoms with Gasteiger partial charge in [0, 0.05) is 4.47 Å². The average molecular weight is 415 g/mol. The minimum Gasteiger partial charge on any atom is -0.477 e. The molecule has 0 radical (unpaired) electrons. The van der Waals surface area contributed by atoms with Gasteiger partial charge in [-0.15, -0.1) is 11.3 Å². The minimum absolute atomic E-state index is 0.0689. The number of halogens is 3. The van der Waals surface area contributed by atoms with E-state index in [2.05, 4.69) is 20.7 Å². The third kappa shape index (κ3) is 3.37. The number of carboxylic acids is 1. The van der Waals surface area contributed by atoms with Gasteiger partial charge in [-0.3, -0.25) is 4.72 Å². The van der Waals surface area contributed by atoms with Gasteiger partial charge < -0.3 is 5.11 Å². The number of benzene rings is 1. The molecule has 0 fully saturated rings. The van der Waals surface area contributed by atoms with Crippen LogP contribution in [0.2, 0.25) is 5.02 Å². The first kappa shape index (κ1) is 16.2.